The van der Waals surface area contributed by atoms with Crippen molar-refractivity contribution in [1.29, 1.82) is 0 Å². The van der Waals surface area contributed by atoms with Crippen LogP contribution in [-0.4, -0.2) is 88.2 Å². The Bertz CT molecular complexity index is 1700. The van der Waals surface area contributed by atoms with Crippen molar-refractivity contribution in [3.8, 4) is 23.0 Å². The summed E-state index contributed by atoms with van der Waals surface area (Å²) in [5.74, 6) is -4.31. The first-order valence-electron chi connectivity index (χ1n) is 15.5. The van der Waals surface area contributed by atoms with Crippen LogP contribution in [0.1, 0.15) is 65.9 Å². The second-order valence-corrected chi connectivity index (χ2v) is 10.8. The maximum atomic E-state index is 10.4. The van der Waals surface area contributed by atoms with Gasteiger partial charge in [0.2, 0.25) is 0 Å². The SMILES string of the molecule is CN1CCC[C@H]1c1cccnc1.O=C(O)c1ccccc1O.O=C([OH2+])c1ccccc1O.O=C([OH2+])c1ccccc1O.O=C([OH2+])c1ccccc1O.[Cu]. The molecule has 53 heavy (non-hydrogen) atoms. The van der Waals surface area contributed by atoms with E-state index in [0.29, 0.717) is 6.04 Å². The monoisotopic (exact) mass is 780 g/mol. The number of carbonyl (C=O) groups is 4. The normalized spacial score (nSPS) is 12.5. The molecule has 6 rings (SSSR count). The number of para-hydroxylation sites is 4. The minimum atomic E-state index is -1.11. The molecule has 14 nitrogen and oxygen atoms in total. The molecule has 0 saturated carbocycles. The molecule has 1 saturated heterocycles. The molecule has 0 unspecified atom stereocenters. The topological polar surface area (TPSA) is 254 Å². The van der Waals surface area contributed by atoms with Gasteiger partial charge in [-0.1, -0.05) is 54.6 Å². The zero-order valence-corrected chi connectivity index (χ0v) is 29.3. The molecule has 1 aliphatic heterocycles. The Morgan fingerprint density at radius 1 is 0.604 bits per heavy atom. The van der Waals surface area contributed by atoms with E-state index in [-0.39, 0.29) is 62.3 Å². The fraction of sp³-hybridized carbons (Fsp3) is 0.132. The predicted octanol–water partition coefficient (Wildman–Crippen LogP) is 3.71. The van der Waals surface area contributed by atoms with Gasteiger partial charge >= 0.3 is 23.9 Å². The average Bonchev–Trinajstić information content (AvgIpc) is 3.56. The zero-order chi connectivity index (χ0) is 38.6. The number of phenolic OH excluding ortho intramolecular Hbond substituents is 3. The molecule has 1 radical (unpaired) electrons. The van der Waals surface area contributed by atoms with Crippen LogP contribution in [0.15, 0.2) is 122 Å². The minimum absolute atomic E-state index is 0. The molecule has 0 spiro atoms. The van der Waals surface area contributed by atoms with E-state index in [2.05, 4.69) is 23.0 Å². The quantitative estimate of drug-likeness (QED) is 0.127. The van der Waals surface area contributed by atoms with Crippen molar-refractivity contribution in [2.24, 2.45) is 0 Å². The van der Waals surface area contributed by atoms with Crippen molar-refractivity contribution in [3.05, 3.63) is 149 Å². The molecule has 11 N–H and O–H groups in total. The maximum absolute atomic E-state index is 10.4. The van der Waals surface area contributed by atoms with Crippen LogP contribution in [0.4, 0.5) is 0 Å². The van der Waals surface area contributed by atoms with Crippen LogP contribution in [0.3, 0.4) is 0 Å². The number of hydrogen-bond donors (Lipinski definition) is 5. The van der Waals surface area contributed by atoms with E-state index in [9.17, 15) is 19.2 Å². The van der Waals surface area contributed by atoms with E-state index in [1.54, 1.807) is 48.5 Å². The Kier molecular flexibility index (Phi) is 19.5. The first kappa shape index (κ1) is 44.6. The number of carbonyl (C=O) groups excluding carboxylic acids is 3. The summed E-state index contributed by atoms with van der Waals surface area (Å²) in [4.78, 5) is 47.9. The van der Waals surface area contributed by atoms with Gasteiger partial charge in [-0.25, -0.2) is 4.79 Å². The van der Waals surface area contributed by atoms with Crippen molar-refractivity contribution in [3.63, 3.8) is 0 Å². The van der Waals surface area contributed by atoms with Crippen LogP contribution < -0.4 is 0 Å². The molecular weight excluding hydrogens is 740 g/mol. The van der Waals surface area contributed by atoms with Crippen molar-refractivity contribution in [1.82, 2.24) is 9.88 Å². The van der Waals surface area contributed by atoms with Crippen LogP contribution in [0, 0.1) is 0 Å². The largest absolute Gasteiger partial charge is 0.561 e. The van der Waals surface area contributed by atoms with Crippen LogP contribution in [0.25, 0.3) is 0 Å². The van der Waals surface area contributed by atoms with Gasteiger partial charge in [0.1, 0.15) is 28.6 Å². The Morgan fingerprint density at radius 3 is 1.19 bits per heavy atom. The van der Waals surface area contributed by atoms with Crippen LogP contribution in [-0.2, 0) is 17.1 Å². The summed E-state index contributed by atoms with van der Waals surface area (Å²) in [5.41, 5.74) is 1.42. The molecular formula is C38H41CuN2O12+3. The fourth-order valence-corrected chi connectivity index (χ4v) is 4.56. The number of hydrogen-bond acceptors (Lipinski definition) is 10. The number of rotatable bonds is 5. The molecule has 4 aromatic carbocycles. The first-order chi connectivity index (χ1) is 24.7. The van der Waals surface area contributed by atoms with Crippen molar-refractivity contribution < 1.29 is 77.1 Å². The number of aromatic carboxylic acids is 1. The van der Waals surface area contributed by atoms with Gasteiger partial charge in [-0.2, -0.15) is 0 Å². The molecule has 0 bridgehead atoms. The zero-order valence-electron chi connectivity index (χ0n) is 28.3. The summed E-state index contributed by atoms with van der Waals surface area (Å²) >= 11 is 0. The third-order valence-electron chi connectivity index (χ3n) is 7.17. The third-order valence-corrected chi connectivity index (χ3v) is 7.17. The molecule has 5 aromatic rings. The van der Waals surface area contributed by atoms with Crippen LogP contribution in [0.2, 0.25) is 0 Å². The number of pyridine rings is 1. The van der Waals surface area contributed by atoms with Gasteiger partial charge in [-0.15, -0.1) is 0 Å². The van der Waals surface area contributed by atoms with Gasteiger partial charge in [0, 0.05) is 49.9 Å². The predicted molar refractivity (Wildman–Crippen MR) is 192 cm³/mol. The van der Waals surface area contributed by atoms with E-state index in [0.717, 1.165) is 0 Å². The Hall–Kier alpha value is -6.41. The third kappa shape index (κ3) is 15.2. The second kappa shape index (κ2) is 23.1. The number of aromatic nitrogens is 1. The molecule has 1 aliphatic rings. The van der Waals surface area contributed by atoms with E-state index < -0.39 is 23.9 Å². The average molecular weight is 781 g/mol. The molecule has 1 atom stereocenters. The van der Waals surface area contributed by atoms with Gasteiger partial charge in [-0.05, 0) is 86.6 Å². The Labute approximate surface area is 315 Å². The maximum Gasteiger partial charge on any atom is 0.552 e. The smallest absolute Gasteiger partial charge is 0.552 e. The van der Waals surface area contributed by atoms with Gasteiger partial charge in [-0.3, -0.25) is 9.88 Å². The standard InChI is InChI=1S/C10H14N2.4C7H6O3.Cu/c1-12-7-3-5-10(12)9-4-2-6-11-8-9;4*8-6-4-2-1-3-5(6)7(9)10;/h2,4,6,8,10H,3,5,7H2,1H3;4*1-4,8H,(H,9,10);/p+3/t10-;;;;;/m0...../s1. The molecule has 283 valence electrons. The second-order valence-electron chi connectivity index (χ2n) is 10.8. The number of aromatic hydroxyl groups is 4. The van der Waals surface area contributed by atoms with Crippen molar-refractivity contribution in [2.45, 2.75) is 18.9 Å². The summed E-state index contributed by atoms with van der Waals surface area (Å²) < 4.78 is 0. The summed E-state index contributed by atoms with van der Waals surface area (Å²) in [6.45, 7) is 1.22. The van der Waals surface area contributed by atoms with Gasteiger partial charge < -0.3 is 40.9 Å². The Morgan fingerprint density at radius 2 is 0.962 bits per heavy atom. The van der Waals surface area contributed by atoms with Gasteiger partial charge in [0.25, 0.3) is 0 Å². The summed E-state index contributed by atoms with van der Waals surface area (Å²) in [6.07, 6.45) is 6.41. The first-order valence-corrected chi connectivity index (χ1v) is 15.5. The molecule has 1 fully saturated rings. The van der Waals surface area contributed by atoms with Crippen LogP contribution in [0.5, 0.6) is 23.0 Å². The van der Waals surface area contributed by atoms with Gasteiger partial charge in [0.15, 0.2) is 16.7 Å². The summed E-state index contributed by atoms with van der Waals surface area (Å²) in [6, 6.07) is 28.5. The van der Waals surface area contributed by atoms with Gasteiger partial charge in [0.05, 0.1) is 0 Å². The van der Waals surface area contributed by atoms with E-state index in [4.69, 9.17) is 40.9 Å². The van der Waals surface area contributed by atoms with E-state index >= 15 is 0 Å². The number of phenols is 4. The molecule has 15 heteroatoms. The minimum Gasteiger partial charge on any atom is -0.561 e. The van der Waals surface area contributed by atoms with Crippen molar-refractivity contribution in [2.75, 3.05) is 13.6 Å². The fourth-order valence-electron chi connectivity index (χ4n) is 4.56. The number of likely N-dealkylation sites (tertiary alicyclic amines) is 1. The van der Waals surface area contributed by atoms with E-state index in [1.807, 2.05) is 18.5 Å². The molecule has 2 heterocycles. The number of nitrogens with zero attached hydrogens (tertiary/aromatic N) is 2. The number of carboxylic acids is 1. The number of carboxylic acid groups (broad SMARTS) is 1. The van der Waals surface area contributed by atoms with E-state index in [1.165, 1.54) is 73.5 Å². The summed E-state index contributed by atoms with van der Waals surface area (Å²) in [7, 11) is 2.19. The molecule has 0 amide bonds. The number of benzene rings is 4. The molecule has 1 aromatic heterocycles. The Balaban J connectivity index is 0.000000331. The van der Waals surface area contributed by atoms with Crippen molar-refractivity contribution >= 4 is 23.9 Å². The van der Waals surface area contributed by atoms with Crippen LogP contribution >= 0.6 is 0 Å². The summed E-state index contributed by atoms with van der Waals surface area (Å²) in [5, 5.41) is 64.1. The molecule has 0 aliphatic carbocycles.